The number of aryl methyl sites for hydroxylation is 2. The van der Waals surface area contributed by atoms with E-state index in [9.17, 15) is 4.79 Å². The Kier molecular flexibility index (Phi) is 3.98. The van der Waals surface area contributed by atoms with Gasteiger partial charge < -0.3 is 11.1 Å². The van der Waals surface area contributed by atoms with Gasteiger partial charge in [-0.1, -0.05) is 6.92 Å². The van der Waals surface area contributed by atoms with Gasteiger partial charge in [0.15, 0.2) is 0 Å². The van der Waals surface area contributed by atoms with Crippen molar-refractivity contribution in [1.29, 1.82) is 0 Å². The van der Waals surface area contributed by atoms with Crippen LogP contribution in [0.15, 0.2) is 6.07 Å². The highest BCUT2D eigenvalue weighted by molar-refractivity contribution is 5.80. The summed E-state index contributed by atoms with van der Waals surface area (Å²) in [5.74, 6) is -0.264. The van der Waals surface area contributed by atoms with E-state index in [1.54, 1.807) is 0 Å². The molecule has 100 valence electrons. The van der Waals surface area contributed by atoms with Crippen molar-refractivity contribution in [1.82, 2.24) is 20.0 Å². The maximum Gasteiger partial charge on any atom is 0.236 e. The van der Waals surface area contributed by atoms with Gasteiger partial charge in [-0.25, -0.2) is 0 Å². The van der Waals surface area contributed by atoms with Crippen LogP contribution < -0.4 is 11.1 Å². The summed E-state index contributed by atoms with van der Waals surface area (Å²) in [5.41, 5.74) is 7.64. The Morgan fingerprint density at radius 2 is 2.44 bits per heavy atom. The molecule has 1 amide bonds. The predicted molar refractivity (Wildman–Crippen MR) is 68.8 cm³/mol. The summed E-state index contributed by atoms with van der Waals surface area (Å²) < 4.78 is 1.89. The monoisotopic (exact) mass is 251 g/mol. The lowest BCUT2D eigenvalue weighted by Crippen LogP contribution is -2.56. The first-order valence-electron chi connectivity index (χ1n) is 6.37. The Morgan fingerprint density at radius 3 is 3.06 bits per heavy atom. The molecule has 1 aliphatic heterocycles. The molecule has 1 aliphatic rings. The first kappa shape index (κ1) is 13.0. The van der Waals surface area contributed by atoms with E-state index in [0.29, 0.717) is 6.54 Å². The van der Waals surface area contributed by atoms with Gasteiger partial charge in [-0.2, -0.15) is 5.10 Å². The fraction of sp³-hybridized carbons (Fsp3) is 0.667. The van der Waals surface area contributed by atoms with Crippen molar-refractivity contribution in [2.75, 3.05) is 19.6 Å². The summed E-state index contributed by atoms with van der Waals surface area (Å²) in [6.07, 6.45) is 0.925. The Morgan fingerprint density at radius 1 is 1.67 bits per heavy atom. The Balaban J connectivity index is 2.10. The molecule has 18 heavy (non-hydrogen) atoms. The van der Waals surface area contributed by atoms with Crippen LogP contribution in [-0.2, 0) is 24.8 Å². The Bertz CT molecular complexity index is 428. The maximum absolute atomic E-state index is 11.4. The second kappa shape index (κ2) is 5.49. The van der Waals surface area contributed by atoms with Crippen LogP contribution in [0.3, 0.4) is 0 Å². The zero-order valence-electron chi connectivity index (χ0n) is 11.0. The first-order valence-corrected chi connectivity index (χ1v) is 6.37. The van der Waals surface area contributed by atoms with E-state index in [4.69, 9.17) is 5.73 Å². The largest absolute Gasteiger partial charge is 0.368 e. The molecular weight excluding hydrogens is 230 g/mol. The van der Waals surface area contributed by atoms with Crippen molar-refractivity contribution < 1.29 is 4.79 Å². The number of hydrogen-bond donors (Lipinski definition) is 2. The van der Waals surface area contributed by atoms with Gasteiger partial charge >= 0.3 is 0 Å². The number of piperazine rings is 1. The summed E-state index contributed by atoms with van der Waals surface area (Å²) in [6.45, 7) is 5.16. The molecule has 1 unspecified atom stereocenters. The molecule has 0 bridgehead atoms. The minimum absolute atomic E-state index is 0.223. The highest BCUT2D eigenvalue weighted by atomic mass is 16.1. The molecule has 2 rings (SSSR count). The van der Waals surface area contributed by atoms with E-state index >= 15 is 0 Å². The fourth-order valence-electron chi connectivity index (χ4n) is 2.32. The molecule has 0 spiro atoms. The SMILES string of the molecule is CCc1cc(CN2CCNCC2C(N)=O)n(C)n1. The maximum atomic E-state index is 11.4. The molecule has 1 aromatic rings. The van der Waals surface area contributed by atoms with Gasteiger partial charge in [0.2, 0.25) is 5.91 Å². The number of rotatable bonds is 4. The lowest BCUT2D eigenvalue weighted by atomic mass is 10.1. The number of carbonyl (C=O) groups excluding carboxylic acids is 1. The smallest absolute Gasteiger partial charge is 0.236 e. The Hall–Kier alpha value is -1.40. The van der Waals surface area contributed by atoms with Gasteiger partial charge in [0.05, 0.1) is 11.4 Å². The van der Waals surface area contributed by atoms with Crippen LogP contribution >= 0.6 is 0 Å². The summed E-state index contributed by atoms with van der Waals surface area (Å²) >= 11 is 0. The molecule has 3 N–H and O–H groups in total. The van der Waals surface area contributed by atoms with Gasteiger partial charge in [0.1, 0.15) is 6.04 Å². The van der Waals surface area contributed by atoms with Crippen molar-refractivity contribution in [3.63, 3.8) is 0 Å². The summed E-state index contributed by atoms with van der Waals surface area (Å²) in [6, 6.07) is 1.87. The second-order valence-corrected chi connectivity index (χ2v) is 4.70. The third kappa shape index (κ3) is 2.70. The molecule has 0 radical (unpaired) electrons. The van der Waals surface area contributed by atoms with Crippen LogP contribution in [-0.4, -0.2) is 46.3 Å². The van der Waals surface area contributed by atoms with Crippen molar-refractivity contribution in [3.05, 3.63) is 17.5 Å². The molecule has 1 aromatic heterocycles. The molecule has 0 aliphatic carbocycles. The molecular formula is C12H21N5O. The summed E-state index contributed by atoms with van der Waals surface area (Å²) in [5, 5.41) is 7.62. The van der Waals surface area contributed by atoms with Crippen molar-refractivity contribution >= 4 is 5.91 Å². The quantitative estimate of drug-likeness (QED) is 0.737. The second-order valence-electron chi connectivity index (χ2n) is 4.70. The number of primary amides is 1. The van der Waals surface area contributed by atoms with Crippen molar-refractivity contribution in [3.8, 4) is 0 Å². The first-order chi connectivity index (χ1) is 8.61. The number of amides is 1. The topological polar surface area (TPSA) is 76.2 Å². The zero-order valence-corrected chi connectivity index (χ0v) is 11.0. The summed E-state index contributed by atoms with van der Waals surface area (Å²) in [7, 11) is 1.94. The average Bonchev–Trinajstić information content (AvgIpc) is 2.71. The summed E-state index contributed by atoms with van der Waals surface area (Å²) in [4.78, 5) is 13.5. The normalized spacial score (nSPS) is 21.1. The van der Waals surface area contributed by atoms with E-state index in [-0.39, 0.29) is 11.9 Å². The number of nitrogens with zero attached hydrogens (tertiary/aromatic N) is 3. The number of nitrogens with one attached hydrogen (secondary N) is 1. The van der Waals surface area contributed by atoms with Crippen LogP contribution in [0, 0.1) is 0 Å². The predicted octanol–water partition coefficient (Wildman–Crippen LogP) is -0.758. The highest BCUT2D eigenvalue weighted by Crippen LogP contribution is 2.11. The zero-order chi connectivity index (χ0) is 13.1. The van der Waals surface area contributed by atoms with Crippen LogP contribution in [0.2, 0.25) is 0 Å². The molecule has 2 heterocycles. The molecule has 6 nitrogen and oxygen atoms in total. The van der Waals surface area contributed by atoms with Crippen molar-refractivity contribution in [2.24, 2.45) is 12.8 Å². The molecule has 1 fully saturated rings. The molecule has 1 saturated heterocycles. The molecule has 0 saturated carbocycles. The van der Waals surface area contributed by atoms with Gasteiger partial charge in [0.25, 0.3) is 0 Å². The fourth-order valence-corrected chi connectivity index (χ4v) is 2.32. The standard InChI is InChI=1S/C12H21N5O/c1-3-9-6-10(16(2)15-9)8-17-5-4-14-7-11(17)12(13)18/h6,11,14H,3-5,7-8H2,1-2H3,(H2,13,18). The lowest BCUT2D eigenvalue weighted by molar-refractivity contribution is -0.124. The van der Waals surface area contributed by atoms with Gasteiger partial charge in [-0.05, 0) is 12.5 Å². The molecule has 1 atom stereocenters. The van der Waals surface area contributed by atoms with Crippen LogP contribution in [0.4, 0.5) is 0 Å². The molecule has 6 heteroatoms. The van der Waals surface area contributed by atoms with E-state index in [0.717, 1.165) is 37.4 Å². The molecule has 0 aromatic carbocycles. The lowest BCUT2D eigenvalue weighted by Gasteiger charge is -2.33. The van der Waals surface area contributed by atoms with E-state index < -0.39 is 0 Å². The van der Waals surface area contributed by atoms with Gasteiger partial charge in [-0.3, -0.25) is 14.4 Å². The van der Waals surface area contributed by atoms with Gasteiger partial charge in [-0.15, -0.1) is 0 Å². The minimum Gasteiger partial charge on any atom is -0.368 e. The number of hydrogen-bond acceptors (Lipinski definition) is 4. The van der Waals surface area contributed by atoms with Crippen LogP contribution in [0.25, 0.3) is 0 Å². The van der Waals surface area contributed by atoms with Crippen LogP contribution in [0.1, 0.15) is 18.3 Å². The van der Waals surface area contributed by atoms with Crippen LogP contribution in [0.5, 0.6) is 0 Å². The van der Waals surface area contributed by atoms with E-state index in [1.165, 1.54) is 0 Å². The third-order valence-electron chi connectivity index (χ3n) is 3.44. The number of aromatic nitrogens is 2. The van der Waals surface area contributed by atoms with Crippen molar-refractivity contribution in [2.45, 2.75) is 25.9 Å². The highest BCUT2D eigenvalue weighted by Gasteiger charge is 2.27. The number of nitrogens with two attached hydrogens (primary N) is 1. The minimum atomic E-state index is -0.264. The number of carbonyl (C=O) groups is 1. The van der Waals surface area contributed by atoms with E-state index in [1.807, 2.05) is 11.7 Å². The van der Waals surface area contributed by atoms with E-state index in [2.05, 4.69) is 28.3 Å². The Labute approximate surface area is 107 Å². The average molecular weight is 251 g/mol. The third-order valence-corrected chi connectivity index (χ3v) is 3.44. The van der Waals surface area contributed by atoms with Gasteiger partial charge in [0, 0.05) is 33.2 Å².